The van der Waals surface area contributed by atoms with Gasteiger partial charge in [0.2, 0.25) is 10.0 Å². The van der Waals surface area contributed by atoms with Crippen LogP contribution in [0.1, 0.15) is 27.2 Å². The molecule has 1 rings (SSSR count). The van der Waals surface area contributed by atoms with Gasteiger partial charge in [0.15, 0.2) is 0 Å². The summed E-state index contributed by atoms with van der Waals surface area (Å²) >= 11 is 7.39. The molecular weight excluding hydrogens is 329 g/mol. The summed E-state index contributed by atoms with van der Waals surface area (Å²) in [6.07, 6.45) is 1.68. The van der Waals surface area contributed by atoms with Gasteiger partial charge in [0.05, 0.1) is 10.3 Å². The van der Waals surface area contributed by atoms with Crippen LogP contribution in [0.5, 0.6) is 0 Å². The van der Waals surface area contributed by atoms with Crippen LogP contribution in [0.4, 0.5) is 0 Å². The fourth-order valence-electron chi connectivity index (χ4n) is 1.60. The molecule has 0 aliphatic rings. The van der Waals surface area contributed by atoms with Gasteiger partial charge >= 0.3 is 0 Å². The number of hydrogen-bond acceptors (Lipinski definition) is 4. The highest BCUT2D eigenvalue weighted by molar-refractivity contribution is 8.71. The van der Waals surface area contributed by atoms with Gasteiger partial charge in [0, 0.05) is 12.3 Å². The molecule has 3 nitrogen and oxygen atoms in total. The van der Waals surface area contributed by atoms with Crippen LogP contribution in [0.3, 0.4) is 0 Å². The van der Waals surface area contributed by atoms with Gasteiger partial charge in [0.25, 0.3) is 0 Å². The average Bonchev–Trinajstić information content (AvgIpc) is 2.46. The molecule has 2 unspecified atom stereocenters. The zero-order chi connectivity index (χ0) is 15.4. The van der Waals surface area contributed by atoms with E-state index in [1.807, 2.05) is 13.0 Å². The lowest BCUT2D eigenvalue weighted by atomic mass is 10.4. The smallest absolute Gasteiger partial charge is 0.207 e. The normalized spacial score (nSPS) is 16.9. The molecule has 0 spiro atoms. The summed E-state index contributed by atoms with van der Waals surface area (Å²) in [5.41, 5.74) is 0. The van der Waals surface area contributed by atoms with Crippen LogP contribution >= 0.6 is 16.8 Å². The Hall–Kier alpha value is 0.130. The average molecular weight is 351 g/mol. The second-order valence-corrected chi connectivity index (χ2v) is 15.2. The highest BCUT2D eigenvalue weighted by Gasteiger charge is 2.33. The summed E-state index contributed by atoms with van der Waals surface area (Å²) in [6.45, 7) is 6.18. The minimum atomic E-state index is -3.50. The molecule has 0 saturated carbocycles. The van der Waals surface area contributed by atoms with E-state index in [0.717, 1.165) is 6.42 Å². The molecule has 1 aromatic carbocycles. The third kappa shape index (κ3) is 4.08. The lowest BCUT2D eigenvalue weighted by Gasteiger charge is -2.31. The van der Waals surface area contributed by atoms with Crippen LogP contribution in [0.2, 0.25) is 0 Å². The van der Waals surface area contributed by atoms with E-state index in [1.54, 1.807) is 42.7 Å². The van der Waals surface area contributed by atoms with Crippen molar-refractivity contribution in [3.8, 4) is 0 Å². The zero-order valence-corrected chi connectivity index (χ0v) is 15.7. The zero-order valence-electron chi connectivity index (χ0n) is 12.3. The van der Waals surface area contributed by atoms with Crippen molar-refractivity contribution in [1.82, 2.24) is 4.08 Å². The second-order valence-electron chi connectivity index (χ2n) is 4.53. The van der Waals surface area contributed by atoms with Crippen molar-refractivity contribution in [1.29, 1.82) is 0 Å². The minimum absolute atomic E-state index is 0.315. The van der Waals surface area contributed by atoms with E-state index in [2.05, 4.69) is 13.8 Å². The molecule has 0 amide bonds. The van der Waals surface area contributed by atoms with E-state index in [4.69, 9.17) is 11.8 Å². The van der Waals surface area contributed by atoms with Gasteiger partial charge in [-0.1, -0.05) is 50.8 Å². The Morgan fingerprint density at radius 3 is 2.30 bits per heavy atom. The van der Waals surface area contributed by atoms with Crippen molar-refractivity contribution in [2.45, 2.75) is 37.3 Å². The van der Waals surface area contributed by atoms with Gasteiger partial charge in [-0.2, -0.15) is 4.08 Å². The van der Waals surface area contributed by atoms with Crippen LogP contribution in [-0.2, 0) is 21.8 Å². The van der Waals surface area contributed by atoms with E-state index in [9.17, 15) is 8.42 Å². The number of hydrogen-bond donors (Lipinski definition) is 0. The van der Waals surface area contributed by atoms with Crippen molar-refractivity contribution in [2.24, 2.45) is 0 Å². The largest absolute Gasteiger partial charge is 0.247 e. The standard InChI is InChI=1S/C13H22NO2PS3/c1-5-12(3)19-17(18,6-2)14(4)20(15,16)13-10-8-7-9-11-13/h7-12H,5-6H2,1-4H3. The van der Waals surface area contributed by atoms with Crippen molar-refractivity contribution in [2.75, 3.05) is 13.2 Å². The van der Waals surface area contributed by atoms with E-state index in [-0.39, 0.29) is 0 Å². The van der Waals surface area contributed by atoms with Crippen LogP contribution in [-0.4, -0.2) is 31.0 Å². The first-order valence-electron chi connectivity index (χ1n) is 6.59. The van der Waals surface area contributed by atoms with Gasteiger partial charge in [0.1, 0.15) is 0 Å². The molecule has 0 aliphatic heterocycles. The van der Waals surface area contributed by atoms with Crippen molar-refractivity contribution < 1.29 is 8.42 Å². The van der Waals surface area contributed by atoms with Crippen LogP contribution in [0.15, 0.2) is 35.2 Å². The molecule has 20 heavy (non-hydrogen) atoms. The van der Waals surface area contributed by atoms with Crippen molar-refractivity contribution in [3.05, 3.63) is 30.3 Å². The third-order valence-corrected chi connectivity index (χ3v) is 15.3. The number of rotatable bonds is 7. The van der Waals surface area contributed by atoms with E-state index < -0.39 is 15.4 Å². The number of benzene rings is 1. The molecule has 0 saturated heterocycles. The minimum Gasteiger partial charge on any atom is -0.207 e. The molecule has 114 valence electrons. The maximum Gasteiger partial charge on any atom is 0.247 e. The molecule has 1 aromatic rings. The molecule has 0 bridgehead atoms. The Morgan fingerprint density at radius 2 is 1.85 bits per heavy atom. The Bertz CT molecular complexity index is 575. The first-order chi connectivity index (χ1) is 9.28. The molecule has 0 radical (unpaired) electrons. The lowest BCUT2D eigenvalue weighted by Crippen LogP contribution is -2.24. The Balaban J connectivity index is 3.14. The number of nitrogens with zero attached hydrogens (tertiary/aromatic N) is 1. The van der Waals surface area contributed by atoms with E-state index in [1.165, 1.54) is 4.08 Å². The van der Waals surface area contributed by atoms with Gasteiger partial charge < -0.3 is 0 Å². The molecule has 2 atom stereocenters. The van der Waals surface area contributed by atoms with E-state index in [0.29, 0.717) is 16.3 Å². The van der Waals surface area contributed by atoms with Crippen LogP contribution in [0, 0.1) is 0 Å². The molecular formula is C13H22NO2PS3. The summed E-state index contributed by atoms with van der Waals surface area (Å²) in [5.74, 6) is 0. The molecule has 0 aliphatic carbocycles. The Labute approximate surface area is 132 Å². The summed E-state index contributed by atoms with van der Waals surface area (Å²) in [7, 11) is -1.88. The quantitative estimate of drug-likeness (QED) is 0.691. The summed E-state index contributed by atoms with van der Waals surface area (Å²) < 4.78 is 26.8. The third-order valence-electron chi connectivity index (χ3n) is 3.14. The molecule has 0 fully saturated rings. The highest BCUT2D eigenvalue weighted by atomic mass is 32.9. The second kappa shape index (κ2) is 7.41. The predicted octanol–water partition coefficient (Wildman–Crippen LogP) is 4.17. The maximum atomic E-state index is 12.7. The van der Waals surface area contributed by atoms with Crippen molar-refractivity contribution >= 4 is 38.6 Å². The first kappa shape index (κ1) is 18.2. The fraction of sp³-hybridized carbons (Fsp3) is 0.538. The summed E-state index contributed by atoms with van der Waals surface area (Å²) in [5, 5.41) is -1.79. The summed E-state index contributed by atoms with van der Waals surface area (Å²) in [6, 6.07) is 8.52. The Kier molecular flexibility index (Phi) is 6.74. The molecule has 0 N–H and O–H groups in total. The van der Waals surface area contributed by atoms with E-state index >= 15 is 0 Å². The van der Waals surface area contributed by atoms with Gasteiger partial charge in [-0.05, 0) is 24.7 Å². The number of sulfonamides is 1. The highest BCUT2D eigenvalue weighted by Crippen LogP contribution is 2.64. The van der Waals surface area contributed by atoms with Gasteiger partial charge in [-0.25, -0.2) is 8.42 Å². The van der Waals surface area contributed by atoms with Crippen molar-refractivity contribution in [3.63, 3.8) is 0 Å². The molecule has 0 heterocycles. The SMILES string of the molecule is CCC(C)SP(=S)(CC)N(C)S(=O)(=O)c1ccccc1. The molecule has 7 heteroatoms. The summed E-state index contributed by atoms with van der Waals surface area (Å²) in [4.78, 5) is 0.315. The van der Waals surface area contributed by atoms with Gasteiger partial charge in [-0.3, -0.25) is 0 Å². The predicted molar refractivity (Wildman–Crippen MR) is 93.6 cm³/mol. The van der Waals surface area contributed by atoms with Crippen LogP contribution < -0.4 is 0 Å². The lowest BCUT2D eigenvalue weighted by molar-refractivity contribution is 0.562. The first-order valence-corrected chi connectivity index (χ1v) is 12.5. The maximum absolute atomic E-state index is 12.7. The fourth-order valence-corrected chi connectivity index (χ4v) is 12.0. The Morgan fingerprint density at radius 1 is 1.30 bits per heavy atom. The van der Waals surface area contributed by atoms with Gasteiger partial charge in [-0.15, -0.1) is 11.4 Å². The molecule has 0 aromatic heterocycles. The monoisotopic (exact) mass is 351 g/mol. The van der Waals surface area contributed by atoms with Crippen LogP contribution in [0.25, 0.3) is 0 Å². The topological polar surface area (TPSA) is 37.4 Å².